The van der Waals surface area contributed by atoms with Crippen molar-refractivity contribution in [3.63, 3.8) is 0 Å². The second-order valence-corrected chi connectivity index (χ2v) is 6.16. The third kappa shape index (κ3) is 2.70. The molecule has 0 spiro atoms. The molecule has 9 heteroatoms. The monoisotopic (exact) mass is 290 g/mol. The van der Waals surface area contributed by atoms with Gasteiger partial charge in [-0.05, 0) is 6.92 Å². The van der Waals surface area contributed by atoms with Crippen LogP contribution in [0.2, 0.25) is 0 Å². The van der Waals surface area contributed by atoms with Gasteiger partial charge in [0.2, 0.25) is 5.89 Å². The van der Waals surface area contributed by atoms with Crippen LogP contribution in [0.3, 0.4) is 0 Å². The zero-order valence-electron chi connectivity index (χ0n) is 9.79. The van der Waals surface area contributed by atoms with Crippen LogP contribution in [-0.2, 0) is 22.0 Å². The van der Waals surface area contributed by atoms with Crippen molar-refractivity contribution in [3.8, 4) is 0 Å². The van der Waals surface area contributed by atoms with E-state index >= 15 is 0 Å². The highest BCUT2D eigenvalue weighted by atomic mass is 35.7. The van der Waals surface area contributed by atoms with E-state index in [1.807, 2.05) is 6.92 Å². The quantitative estimate of drug-likeness (QED) is 0.784. The zero-order valence-corrected chi connectivity index (χ0v) is 11.4. The fourth-order valence-corrected chi connectivity index (χ4v) is 2.12. The van der Waals surface area contributed by atoms with E-state index in [-0.39, 0.29) is 11.6 Å². The van der Waals surface area contributed by atoms with Gasteiger partial charge >= 0.3 is 0 Å². The maximum Gasteiger partial charge on any atom is 0.280 e. The van der Waals surface area contributed by atoms with Gasteiger partial charge in [-0.25, -0.2) is 13.4 Å². The Labute approximate surface area is 108 Å². The van der Waals surface area contributed by atoms with E-state index in [0.29, 0.717) is 24.0 Å². The molecular weight excluding hydrogens is 280 g/mol. The number of aryl methyl sites for hydroxylation is 2. The average Bonchev–Trinajstić information content (AvgIpc) is 2.86. The fraction of sp³-hybridized carbons (Fsp3) is 0.444. The van der Waals surface area contributed by atoms with E-state index in [0.717, 1.165) is 0 Å². The number of halogens is 1. The number of nitrogens with zero attached hydrogens (tertiary/aromatic N) is 4. The van der Waals surface area contributed by atoms with Crippen LogP contribution in [0.4, 0.5) is 0 Å². The summed E-state index contributed by atoms with van der Waals surface area (Å²) in [5, 5.41) is 3.60. The Morgan fingerprint density at radius 2 is 2.17 bits per heavy atom. The smallest absolute Gasteiger partial charge is 0.280 e. The molecule has 18 heavy (non-hydrogen) atoms. The molecule has 2 aromatic rings. The van der Waals surface area contributed by atoms with E-state index in [1.165, 1.54) is 6.20 Å². The van der Waals surface area contributed by atoms with E-state index < -0.39 is 9.05 Å². The van der Waals surface area contributed by atoms with Crippen molar-refractivity contribution in [1.82, 2.24) is 19.7 Å². The van der Waals surface area contributed by atoms with Crippen molar-refractivity contribution < 1.29 is 12.9 Å². The third-order valence-corrected chi connectivity index (χ3v) is 3.50. The van der Waals surface area contributed by atoms with Crippen molar-refractivity contribution in [3.05, 3.63) is 23.7 Å². The molecule has 2 aromatic heterocycles. The van der Waals surface area contributed by atoms with Crippen LogP contribution in [0.1, 0.15) is 24.5 Å². The van der Waals surface area contributed by atoms with Crippen molar-refractivity contribution in [2.75, 3.05) is 0 Å². The molecule has 0 radical (unpaired) electrons. The molecule has 7 nitrogen and oxygen atoms in total. The summed E-state index contributed by atoms with van der Waals surface area (Å²) < 4.78 is 28.8. The van der Waals surface area contributed by atoms with Crippen LogP contribution in [-0.4, -0.2) is 28.1 Å². The molecule has 0 N–H and O–H groups in total. The number of imidazole rings is 1. The van der Waals surface area contributed by atoms with Gasteiger partial charge in [0.05, 0.1) is 6.54 Å². The first-order valence-electron chi connectivity index (χ1n) is 5.20. The Morgan fingerprint density at radius 1 is 1.44 bits per heavy atom. The van der Waals surface area contributed by atoms with Crippen LogP contribution in [0, 0.1) is 6.92 Å². The Morgan fingerprint density at radius 3 is 2.67 bits per heavy atom. The molecule has 0 unspecified atom stereocenters. The van der Waals surface area contributed by atoms with Crippen molar-refractivity contribution in [1.29, 1.82) is 0 Å². The molecule has 2 heterocycles. The molecule has 0 aliphatic rings. The Hall–Kier alpha value is -1.41. The number of aromatic nitrogens is 4. The van der Waals surface area contributed by atoms with Gasteiger partial charge in [-0.2, -0.15) is 4.98 Å². The Kier molecular flexibility index (Phi) is 3.40. The summed E-state index contributed by atoms with van der Waals surface area (Å²) in [6, 6.07) is 0. The lowest BCUT2D eigenvalue weighted by molar-refractivity contribution is 0.375. The highest BCUT2D eigenvalue weighted by Gasteiger charge is 2.17. The minimum atomic E-state index is -3.82. The highest BCUT2D eigenvalue weighted by molar-refractivity contribution is 8.13. The summed E-state index contributed by atoms with van der Waals surface area (Å²) in [6.07, 6.45) is 2.00. The molecule has 0 aliphatic carbocycles. The average molecular weight is 291 g/mol. The molecule has 0 fully saturated rings. The van der Waals surface area contributed by atoms with Crippen LogP contribution in [0.25, 0.3) is 0 Å². The first kappa shape index (κ1) is 13.0. The van der Waals surface area contributed by atoms with Gasteiger partial charge in [0.15, 0.2) is 10.9 Å². The van der Waals surface area contributed by atoms with Gasteiger partial charge in [0.1, 0.15) is 5.82 Å². The van der Waals surface area contributed by atoms with Crippen molar-refractivity contribution in [2.45, 2.75) is 31.8 Å². The SMILES string of the molecule is CCc1nc(Cn2cc(S(=O)(=O)Cl)nc2C)no1. The van der Waals surface area contributed by atoms with Gasteiger partial charge in [-0.15, -0.1) is 0 Å². The van der Waals surface area contributed by atoms with Gasteiger partial charge in [-0.1, -0.05) is 12.1 Å². The number of hydrogen-bond acceptors (Lipinski definition) is 6. The van der Waals surface area contributed by atoms with Crippen LogP contribution < -0.4 is 0 Å². The van der Waals surface area contributed by atoms with E-state index in [4.69, 9.17) is 15.2 Å². The van der Waals surface area contributed by atoms with Crippen molar-refractivity contribution in [2.24, 2.45) is 0 Å². The Balaban J connectivity index is 2.27. The molecular formula is C9H11ClN4O3S. The zero-order chi connectivity index (χ0) is 13.3. The summed E-state index contributed by atoms with van der Waals surface area (Å²) in [6.45, 7) is 3.86. The third-order valence-electron chi connectivity index (χ3n) is 2.33. The predicted octanol–water partition coefficient (Wildman–Crippen LogP) is 1.11. The Bertz CT molecular complexity index is 661. The van der Waals surface area contributed by atoms with Crippen LogP contribution in [0.5, 0.6) is 0 Å². The molecule has 0 aromatic carbocycles. The van der Waals surface area contributed by atoms with E-state index in [1.54, 1.807) is 11.5 Å². The molecule has 0 amide bonds. The lowest BCUT2D eigenvalue weighted by Crippen LogP contribution is -2.02. The maximum atomic E-state index is 11.1. The van der Waals surface area contributed by atoms with Gasteiger partial charge < -0.3 is 9.09 Å². The summed E-state index contributed by atoms with van der Waals surface area (Å²) >= 11 is 0. The van der Waals surface area contributed by atoms with Crippen molar-refractivity contribution >= 4 is 19.7 Å². The summed E-state index contributed by atoms with van der Waals surface area (Å²) in [7, 11) is 1.40. The summed E-state index contributed by atoms with van der Waals surface area (Å²) in [5.41, 5.74) is 0. The number of hydrogen-bond donors (Lipinski definition) is 0. The molecule has 2 rings (SSSR count). The topological polar surface area (TPSA) is 90.9 Å². The molecule has 0 bridgehead atoms. The van der Waals surface area contributed by atoms with Crippen LogP contribution in [0.15, 0.2) is 15.7 Å². The lowest BCUT2D eigenvalue weighted by atomic mass is 10.5. The fourth-order valence-electron chi connectivity index (χ4n) is 1.41. The number of rotatable bonds is 4. The first-order valence-corrected chi connectivity index (χ1v) is 7.51. The minimum Gasteiger partial charge on any atom is -0.339 e. The first-order chi connectivity index (χ1) is 8.40. The standard InChI is InChI=1S/C9H11ClN4O3S/c1-3-8-12-7(13-17-8)4-14-5-9(11-6(14)2)18(10,15)16/h5H,3-4H2,1-2H3. The predicted molar refractivity (Wildman–Crippen MR) is 62.8 cm³/mol. The van der Waals surface area contributed by atoms with Gasteiger partial charge in [0.25, 0.3) is 9.05 Å². The maximum absolute atomic E-state index is 11.1. The van der Waals surface area contributed by atoms with Gasteiger partial charge in [0, 0.05) is 23.3 Å². The minimum absolute atomic E-state index is 0.180. The van der Waals surface area contributed by atoms with Crippen LogP contribution >= 0.6 is 10.7 Å². The largest absolute Gasteiger partial charge is 0.339 e. The molecule has 0 saturated carbocycles. The normalized spacial score (nSPS) is 11.9. The van der Waals surface area contributed by atoms with E-state index in [9.17, 15) is 8.42 Å². The molecule has 0 atom stereocenters. The second-order valence-electron chi connectivity index (χ2n) is 3.65. The summed E-state index contributed by atoms with van der Waals surface area (Å²) in [4.78, 5) is 7.99. The van der Waals surface area contributed by atoms with E-state index in [2.05, 4.69) is 15.1 Å². The molecule has 0 saturated heterocycles. The molecule has 98 valence electrons. The summed E-state index contributed by atoms with van der Waals surface area (Å²) in [5.74, 6) is 1.51. The molecule has 0 aliphatic heterocycles. The second kappa shape index (κ2) is 4.69. The van der Waals surface area contributed by atoms with Gasteiger partial charge in [-0.3, -0.25) is 0 Å². The lowest BCUT2D eigenvalue weighted by Gasteiger charge is -1.98. The highest BCUT2D eigenvalue weighted by Crippen LogP contribution is 2.14.